The molecule has 0 aliphatic carbocycles. The summed E-state index contributed by atoms with van der Waals surface area (Å²) >= 11 is 3.22. The van der Waals surface area contributed by atoms with Crippen LogP contribution in [0.15, 0.2) is 37.9 Å². The third-order valence-corrected chi connectivity index (χ3v) is 4.67. The zero-order valence-corrected chi connectivity index (χ0v) is 14.4. The van der Waals surface area contributed by atoms with Crippen molar-refractivity contribution < 1.29 is 17.6 Å². The first-order valence-electron chi connectivity index (χ1n) is 5.60. The number of benzene rings is 2. The van der Waals surface area contributed by atoms with Gasteiger partial charge < -0.3 is 8.83 Å². The molecule has 0 bridgehead atoms. The Labute approximate surface area is 143 Å². The van der Waals surface area contributed by atoms with E-state index in [1.807, 2.05) is 0 Å². The molecule has 0 aliphatic rings. The summed E-state index contributed by atoms with van der Waals surface area (Å²) in [5.74, 6) is -2.48. The first-order valence-corrected chi connectivity index (χ1v) is 7.76. The van der Waals surface area contributed by atoms with Gasteiger partial charge in [-0.15, -0.1) is 0 Å². The topological polar surface area (TPSA) is 59.1 Å². The molecule has 2 aromatic carbocycles. The molecule has 1 aromatic heterocycles. The quantitative estimate of drug-likeness (QED) is 0.273. The van der Waals surface area contributed by atoms with Crippen LogP contribution in [0.4, 0.5) is 8.78 Å². The molecule has 0 saturated heterocycles. The van der Waals surface area contributed by atoms with Crippen LogP contribution in [0.5, 0.6) is 0 Å². The summed E-state index contributed by atoms with van der Waals surface area (Å²) < 4.78 is 38.6. The van der Waals surface area contributed by atoms with Gasteiger partial charge in [0.1, 0.15) is 5.52 Å². The Morgan fingerprint density at radius 1 is 0.952 bits per heavy atom. The minimum Gasteiger partial charge on any atom is -0.448 e. The van der Waals surface area contributed by atoms with Gasteiger partial charge in [-0.25, -0.2) is 13.6 Å². The van der Waals surface area contributed by atoms with Gasteiger partial charge in [-0.2, -0.15) is 0 Å². The number of halogens is 4. The van der Waals surface area contributed by atoms with Crippen LogP contribution in [0.2, 0.25) is 0 Å². The Balaban J connectivity index is 2.68. The van der Waals surface area contributed by atoms with E-state index in [4.69, 9.17) is 8.83 Å². The van der Waals surface area contributed by atoms with Crippen LogP contribution in [-0.4, -0.2) is 4.98 Å². The summed E-state index contributed by atoms with van der Waals surface area (Å²) in [5.41, 5.74) is -0.0140. The van der Waals surface area contributed by atoms with Gasteiger partial charge in [0.15, 0.2) is 28.4 Å². The average molecular weight is 515 g/mol. The SMILES string of the molecule is O=c1[nH]c2c(I)c(F)c(I)c(F)c2oc2ccccc2o1. The lowest BCUT2D eigenvalue weighted by Gasteiger charge is -2.05. The standard InChI is InChI=1S/C13H5F2I2NO3/c14-7-9(16)8(15)12-11(10(7)17)18-13(19)21-6-4-2-1-3-5(6)20-12/h1-4H,(H,18,19). The molecule has 0 aliphatic heterocycles. The van der Waals surface area contributed by atoms with Gasteiger partial charge in [0.2, 0.25) is 0 Å². The number of hydrogen-bond donors (Lipinski definition) is 1. The van der Waals surface area contributed by atoms with Crippen molar-refractivity contribution in [3.05, 3.63) is 53.6 Å². The lowest BCUT2D eigenvalue weighted by molar-refractivity contribution is 0.512. The maximum Gasteiger partial charge on any atom is 0.417 e. The number of H-pyrrole nitrogens is 1. The molecule has 0 fully saturated rings. The van der Waals surface area contributed by atoms with Crippen molar-refractivity contribution in [2.24, 2.45) is 0 Å². The Hall–Kier alpha value is -1.17. The predicted molar refractivity (Wildman–Crippen MR) is 89.6 cm³/mol. The Kier molecular flexibility index (Phi) is 3.90. The van der Waals surface area contributed by atoms with E-state index in [9.17, 15) is 13.6 Å². The molecule has 108 valence electrons. The Morgan fingerprint density at radius 2 is 1.57 bits per heavy atom. The van der Waals surface area contributed by atoms with Crippen LogP contribution in [0, 0.1) is 18.8 Å². The van der Waals surface area contributed by atoms with Crippen molar-refractivity contribution in [1.29, 1.82) is 0 Å². The highest BCUT2D eigenvalue weighted by Crippen LogP contribution is 2.29. The van der Waals surface area contributed by atoms with Crippen molar-refractivity contribution in [3.8, 4) is 0 Å². The number of para-hydroxylation sites is 2. The number of nitrogens with one attached hydrogen (secondary N) is 1. The average Bonchev–Trinajstić information content (AvgIpc) is 2.46. The monoisotopic (exact) mass is 515 g/mol. The molecular weight excluding hydrogens is 510 g/mol. The first-order chi connectivity index (χ1) is 9.99. The maximum atomic E-state index is 14.3. The summed E-state index contributed by atoms with van der Waals surface area (Å²) in [6.07, 6.45) is 0. The van der Waals surface area contributed by atoms with E-state index >= 15 is 0 Å². The largest absolute Gasteiger partial charge is 0.448 e. The molecule has 0 radical (unpaired) electrons. The van der Waals surface area contributed by atoms with Crippen LogP contribution < -0.4 is 5.76 Å². The minimum absolute atomic E-state index is 0.0460. The fourth-order valence-corrected chi connectivity index (χ4v) is 3.46. The maximum absolute atomic E-state index is 14.3. The number of aromatic amines is 1. The van der Waals surface area contributed by atoms with E-state index in [-0.39, 0.29) is 29.4 Å². The molecule has 3 aromatic rings. The highest BCUT2D eigenvalue weighted by Gasteiger charge is 2.19. The van der Waals surface area contributed by atoms with Gasteiger partial charge in [-0.05, 0) is 57.3 Å². The summed E-state index contributed by atoms with van der Waals surface area (Å²) in [6, 6.07) is 6.34. The molecule has 0 saturated carbocycles. The molecule has 21 heavy (non-hydrogen) atoms. The van der Waals surface area contributed by atoms with E-state index in [0.29, 0.717) is 0 Å². The minimum atomic E-state index is -0.875. The van der Waals surface area contributed by atoms with Crippen molar-refractivity contribution in [2.45, 2.75) is 0 Å². The normalized spacial score (nSPS) is 11.0. The van der Waals surface area contributed by atoms with Gasteiger partial charge >= 0.3 is 5.76 Å². The van der Waals surface area contributed by atoms with Gasteiger partial charge in [-0.3, -0.25) is 4.98 Å². The zero-order chi connectivity index (χ0) is 15.1. The van der Waals surface area contributed by atoms with Crippen molar-refractivity contribution in [3.63, 3.8) is 0 Å². The summed E-state index contributed by atoms with van der Waals surface area (Å²) in [4.78, 5) is 14.1. The van der Waals surface area contributed by atoms with Gasteiger partial charge in [-0.1, -0.05) is 12.1 Å². The molecule has 0 unspecified atom stereocenters. The third kappa shape index (κ3) is 2.54. The van der Waals surface area contributed by atoms with Crippen molar-refractivity contribution >= 4 is 67.4 Å². The Morgan fingerprint density at radius 3 is 2.24 bits per heavy atom. The van der Waals surface area contributed by atoms with Crippen LogP contribution in [0.25, 0.3) is 22.3 Å². The molecule has 0 spiro atoms. The van der Waals surface area contributed by atoms with Gasteiger partial charge in [0.05, 0.1) is 7.14 Å². The van der Waals surface area contributed by atoms with E-state index in [1.165, 1.54) is 12.1 Å². The van der Waals surface area contributed by atoms with Crippen LogP contribution in [-0.2, 0) is 0 Å². The lowest BCUT2D eigenvalue weighted by atomic mass is 10.3. The zero-order valence-electron chi connectivity index (χ0n) is 10.0. The summed E-state index contributed by atoms with van der Waals surface area (Å²) in [6.45, 7) is 0. The summed E-state index contributed by atoms with van der Waals surface area (Å²) in [5, 5.41) is 0. The molecule has 4 nitrogen and oxygen atoms in total. The first kappa shape index (κ1) is 14.8. The fraction of sp³-hybridized carbons (Fsp3) is 0. The predicted octanol–water partition coefficient (Wildman–Crippen LogP) is 4.48. The second kappa shape index (κ2) is 5.55. The van der Waals surface area contributed by atoms with E-state index < -0.39 is 17.4 Å². The van der Waals surface area contributed by atoms with Crippen LogP contribution in [0.3, 0.4) is 0 Å². The van der Waals surface area contributed by atoms with E-state index in [0.717, 1.165) is 0 Å². The molecular formula is C13H5F2I2NO3. The lowest BCUT2D eigenvalue weighted by Crippen LogP contribution is -2.05. The second-order valence-electron chi connectivity index (χ2n) is 4.02. The fourth-order valence-electron chi connectivity index (χ4n) is 1.78. The Bertz CT molecular complexity index is 973. The third-order valence-electron chi connectivity index (χ3n) is 2.71. The van der Waals surface area contributed by atoms with E-state index in [2.05, 4.69) is 4.98 Å². The van der Waals surface area contributed by atoms with Gasteiger partial charge in [0.25, 0.3) is 0 Å². The van der Waals surface area contributed by atoms with Gasteiger partial charge in [0, 0.05) is 0 Å². The number of fused-ring (bicyclic) bond motifs is 2. The molecule has 1 heterocycles. The molecule has 0 atom stereocenters. The molecule has 1 N–H and O–H groups in total. The van der Waals surface area contributed by atoms with Crippen LogP contribution in [0.1, 0.15) is 0 Å². The summed E-state index contributed by atoms with van der Waals surface area (Å²) in [7, 11) is 0. The molecule has 0 amide bonds. The smallest absolute Gasteiger partial charge is 0.417 e. The highest BCUT2D eigenvalue weighted by atomic mass is 127. The molecule has 3 rings (SSSR count). The van der Waals surface area contributed by atoms with Crippen LogP contribution >= 0.6 is 45.2 Å². The number of rotatable bonds is 0. The number of aromatic nitrogens is 1. The van der Waals surface area contributed by atoms with E-state index in [1.54, 1.807) is 57.3 Å². The highest BCUT2D eigenvalue weighted by molar-refractivity contribution is 14.1. The van der Waals surface area contributed by atoms with Crippen molar-refractivity contribution in [2.75, 3.05) is 0 Å². The molecule has 8 heteroatoms. The number of hydrogen-bond acceptors (Lipinski definition) is 3. The second-order valence-corrected chi connectivity index (χ2v) is 6.18. The van der Waals surface area contributed by atoms with Crippen molar-refractivity contribution in [1.82, 2.24) is 4.98 Å².